The van der Waals surface area contributed by atoms with Crippen molar-refractivity contribution in [3.63, 3.8) is 0 Å². The fourth-order valence-electron chi connectivity index (χ4n) is 3.05. The van der Waals surface area contributed by atoms with E-state index in [-0.39, 0.29) is 5.57 Å². The number of carbonyl (C=O) groups is 2. The monoisotopic (exact) mass is 475 g/mol. The van der Waals surface area contributed by atoms with E-state index in [1.165, 1.54) is 6.92 Å². The average Bonchev–Trinajstić information content (AvgIpc) is 2.69. The first-order valence-electron chi connectivity index (χ1n) is 11.4. The molecule has 0 fully saturated rings. The van der Waals surface area contributed by atoms with E-state index in [1.807, 2.05) is 65.8 Å². The number of amides is 1. The quantitative estimate of drug-likeness (QED) is 0.224. The van der Waals surface area contributed by atoms with Crippen molar-refractivity contribution in [1.82, 2.24) is 5.06 Å². The average molecular weight is 476 g/mol. The number of hydroxylamine groups is 2. The van der Waals surface area contributed by atoms with E-state index in [2.05, 4.69) is 13.2 Å². The number of hydrogen-bond donors (Lipinski definition) is 0. The second-order valence-electron chi connectivity index (χ2n) is 10.8. The van der Waals surface area contributed by atoms with Crippen molar-refractivity contribution in [2.75, 3.05) is 0 Å². The number of rotatable bonds is 9. The molecule has 1 amide bonds. The Balaban J connectivity index is 3.15. The summed E-state index contributed by atoms with van der Waals surface area (Å²) in [7, 11) is 0. The minimum atomic E-state index is -1.05. The second-order valence-corrected chi connectivity index (χ2v) is 10.8. The van der Waals surface area contributed by atoms with Gasteiger partial charge in [0.15, 0.2) is 0 Å². The molecular formula is C27H41NO6. The molecule has 1 atom stereocenters. The highest BCUT2D eigenvalue weighted by Crippen LogP contribution is 2.32. The fraction of sp³-hybridized carbons (Fsp3) is 0.556. The van der Waals surface area contributed by atoms with Gasteiger partial charge in [0.1, 0.15) is 17.2 Å². The summed E-state index contributed by atoms with van der Waals surface area (Å²) in [6.07, 6.45) is -1.02. The lowest BCUT2D eigenvalue weighted by Gasteiger charge is -2.37. The van der Waals surface area contributed by atoms with Gasteiger partial charge in [-0.3, -0.25) is 0 Å². The van der Waals surface area contributed by atoms with Gasteiger partial charge in [-0.05, 0) is 86.4 Å². The van der Waals surface area contributed by atoms with Crippen LogP contribution in [0.1, 0.15) is 86.8 Å². The van der Waals surface area contributed by atoms with Crippen LogP contribution in [-0.4, -0.2) is 34.4 Å². The molecule has 0 saturated carbocycles. The topological polar surface area (TPSA) is 74.3 Å². The van der Waals surface area contributed by atoms with Gasteiger partial charge in [-0.25, -0.2) is 19.4 Å². The van der Waals surface area contributed by atoms with Crippen LogP contribution in [0.5, 0.6) is 0 Å². The molecular weight excluding hydrogens is 434 g/mol. The van der Waals surface area contributed by atoms with Crippen LogP contribution in [-0.2, 0) is 29.7 Å². The van der Waals surface area contributed by atoms with Crippen LogP contribution in [0, 0.1) is 0 Å². The van der Waals surface area contributed by atoms with Gasteiger partial charge >= 0.3 is 12.1 Å². The third-order valence-corrected chi connectivity index (χ3v) is 4.86. The Hall–Kier alpha value is -2.64. The van der Waals surface area contributed by atoms with E-state index in [0.29, 0.717) is 6.42 Å². The summed E-state index contributed by atoms with van der Waals surface area (Å²) in [5.74, 6) is -0.726. The maximum atomic E-state index is 13.3. The van der Waals surface area contributed by atoms with E-state index in [4.69, 9.17) is 19.3 Å². The maximum absolute atomic E-state index is 13.3. The number of nitrogens with zero attached hydrogens (tertiary/aromatic N) is 1. The lowest BCUT2D eigenvalue weighted by molar-refractivity contribution is -0.399. The number of ether oxygens (including phenoxy) is 1. The zero-order chi connectivity index (χ0) is 26.5. The molecule has 7 nitrogen and oxygen atoms in total. The lowest BCUT2D eigenvalue weighted by Crippen LogP contribution is -2.48. The van der Waals surface area contributed by atoms with E-state index in [9.17, 15) is 9.59 Å². The standard InChI is InChI=1S/C27H41NO6/c1-18(2)21-14-13-15-22(16-21)27(11,12)28(32-23(29)19(3)4)24(30)31-20(5)17-26(9,10)34-33-25(6,7)8/h13-16,20H,1,3,17H2,2,4-12H3. The third kappa shape index (κ3) is 8.95. The van der Waals surface area contributed by atoms with Crippen LogP contribution in [0.4, 0.5) is 4.79 Å². The van der Waals surface area contributed by atoms with Crippen molar-refractivity contribution in [1.29, 1.82) is 0 Å². The summed E-state index contributed by atoms with van der Waals surface area (Å²) in [5.41, 5.74) is 0.440. The third-order valence-electron chi connectivity index (χ3n) is 4.86. The predicted molar refractivity (Wildman–Crippen MR) is 133 cm³/mol. The molecule has 7 heteroatoms. The molecule has 0 spiro atoms. The van der Waals surface area contributed by atoms with Gasteiger partial charge in [0.2, 0.25) is 0 Å². The minimum Gasteiger partial charge on any atom is -0.444 e. The summed E-state index contributed by atoms with van der Waals surface area (Å²) in [5, 5.41) is 0.956. The first-order valence-corrected chi connectivity index (χ1v) is 11.4. The first-order chi connectivity index (χ1) is 15.4. The van der Waals surface area contributed by atoms with Gasteiger partial charge in [0, 0.05) is 12.0 Å². The Kier molecular flexibility index (Phi) is 9.67. The smallest absolute Gasteiger partial charge is 0.444 e. The molecule has 0 radical (unpaired) electrons. The van der Waals surface area contributed by atoms with Crippen molar-refractivity contribution in [2.45, 2.75) is 98.5 Å². The molecule has 0 aliphatic carbocycles. The maximum Gasteiger partial charge on any atom is 0.444 e. The largest absolute Gasteiger partial charge is 0.444 e. The van der Waals surface area contributed by atoms with Crippen LogP contribution < -0.4 is 0 Å². The second kappa shape index (κ2) is 11.2. The molecule has 0 heterocycles. The molecule has 1 aromatic rings. The van der Waals surface area contributed by atoms with Gasteiger partial charge in [-0.1, -0.05) is 36.9 Å². The molecule has 0 saturated heterocycles. The van der Waals surface area contributed by atoms with Crippen LogP contribution in [0.3, 0.4) is 0 Å². The minimum absolute atomic E-state index is 0.159. The Labute approximate surface area is 204 Å². The Morgan fingerprint density at radius 2 is 1.59 bits per heavy atom. The molecule has 34 heavy (non-hydrogen) atoms. The van der Waals surface area contributed by atoms with Crippen molar-refractivity contribution in [3.8, 4) is 0 Å². The number of benzene rings is 1. The van der Waals surface area contributed by atoms with Crippen LogP contribution in [0.15, 0.2) is 43.0 Å². The summed E-state index contributed by atoms with van der Waals surface area (Å²) in [6, 6.07) is 7.55. The van der Waals surface area contributed by atoms with Crippen LogP contribution >= 0.6 is 0 Å². The molecule has 1 aromatic carbocycles. The first kappa shape index (κ1) is 29.4. The van der Waals surface area contributed by atoms with Gasteiger partial charge in [-0.2, -0.15) is 0 Å². The van der Waals surface area contributed by atoms with Crippen LogP contribution in [0.2, 0.25) is 0 Å². The van der Waals surface area contributed by atoms with Crippen LogP contribution in [0.25, 0.3) is 5.57 Å². The molecule has 190 valence electrons. The Morgan fingerprint density at radius 1 is 1.00 bits per heavy atom. The van der Waals surface area contributed by atoms with Crippen molar-refractivity contribution in [2.24, 2.45) is 0 Å². The fourth-order valence-corrected chi connectivity index (χ4v) is 3.05. The summed E-state index contributed by atoms with van der Waals surface area (Å²) in [4.78, 5) is 42.1. The zero-order valence-corrected chi connectivity index (χ0v) is 22.4. The summed E-state index contributed by atoms with van der Waals surface area (Å²) in [6.45, 7) is 25.6. The van der Waals surface area contributed by atoms with Crippen molar-refractivity contribution < 1.29 is 28.9 Å². The van der Waals surface area contributed by atoms with Gasteiger partial charge in [0.05, 0.1) is 5.60 Å². The van der Waals surface area contributed by atoms with Gasteiger partial charge in [0.25, 0.3) is 0 Å². The van der Waals surface area contributed by atoms with E-state index < -0.39 is 34.9 Å². The Bertz CT molecular complexity index is 910. The zero-order valence-electron chi connectivity index (χ0n) is 22.4. The number of allylic oxidation sites excluding steroid dienone is 1. The number of carbonyl (C=O) groups excluding carboxylic acids is 2. The molecule has 1 unspecified atom stereocenters. The van der Waals surface area contributed by atoms with Crippen molar-refractivity contribution >= 4 is 17.6 Å². The van der Waals surface area contributed by atoms with Gasteiger partial charge in [-0.15, -0.1) is 5.06 Å². The summed E-state index contributed by atoms with van der Waals surface area (Å²) < 4.78 is 5.67. The van der Waals surface area contributed by atoms with Crippen molar-refractivity contribution in [3.05, 3.63) is 54.1 Å². The molecule has 0 aliphatic rings. The summed E-state index contributed by atoms with van der Waals surface area (Å²) >= 11 is 0. The highest BCUT2D eigenvalue weighted by Gasteiger charge is 2.39. The molecule has 0 aromatic heterocycles. The number of hydrogen-bond acceptors (Lipinski definition) is 6. The Morgan fingerprint density at radius 3 is 2.09 bits per heavy atom. The molecule has 0 bridgehead atoms. The lowest BCUT2D eigenvalue weighted by atomic mass is 9.91. The normalized spacial score (nSPS) is 13.1. The van der Waals surface area contributed by atoms with E-state index in [0.717, 1.165) is 21.8 Å². The highest BCUT2D eigenvalue weighted by atomic mass is 17.2. The molecule has 0 aliphatic heterocycles. The SMILES string of the molecule is C=C(C)C(=O)ON(C(=O)OC(C)CC(C)(C)OOC(C)(C)C)C(C)(C)c1cccc(C(=C)C)c1. The van der Waals surface area contributed by atoms with Gasteiger partial charge < -0.3 is 9.57 Å². The molecule has 0 N–H and O–H groups in total. The highest BCUT2D eigenvalue weighted by molar-refractivity contribution is 5.87. The van der Waals surface area contributed by atoms with E-state index in [1.54, 1.807) is 20.8 Å². The predicted octanol–water partition coefficient (Wildman–Crippen LogP) is 6.73. The van der Waals surface area contributed by atoms with E-state index >= 15 is 0 Å². The molecule has 1 rings (SSSR count).